The summed E-state index contributed by atoms with van der Waals surface area (Å²) in [7, 11) is 1.82. The number of likely N-dealkylation sites (tertiary alicyclic amines) is 1. The lowest BCUT2D eigenvalue weighted by Gasteiger charge is -2.33. The van der Waals surface area contributed by atoms with Crippen LogP contribution in [0.2, 0.25) is 0 Å². The smallest absolute Gasteiger partial charge is 0.0833 e. The lowest BCUT2D eigenvalue weighted by atomic mass is 9.89. The van der Waals surface area contributed by atoms with Crippen LogP contribution in [0.3, 0.4) is 0 Å². The Hall–Kier alpha value is -1.64. The molecule has 1 atom stereocenters. The highest BCUT2D eigenvalue weighted by Gasteiger charge is 2.21. The van der Waals surface area contributed by atoms with Crippen LogP contribution in [0.4, 0.5) is 0 Å². The lowest BCUT2D eigenvalue weighted by Crippen LogP contribution is -2.34. The van der Waals surface area contributed by atoms with Crippen LogP contribution in [0.25, 0.3) is 0 Å². The maximum Gasteiger partial charge on any atom is 0.0833 e. The van der Waals surface area contributed by atoms with Crippen LogP contribution >= 0.6 is 0 Å². The van der Waals surface area contributed by atoms with E-state index in [1.807, 2.05) is 7.11 Å². The molecule has 0 amide bonds. The van der Waals surface area contributed by atoms with E-state index in [1.165, 1.54) is 37.1 Å². The number of hydrogen-bond acceptors (Lipinski definition) is 2. The molecule has 2 heteroatoms. The molecular weight excluding hydrogens is 282 g/mol. The average Bonchev–Trinajstić information content (AvgIpc) is 2.64. The fourth-order valence-corrected chi connectivity index (χ4v) is 3.60. The number of methoxy groups -OCH3 is 1. The van der Waals surface area contributed by atoms with Crippen LogP contribution in [-0.4, -0.2) is 31.6 Å². The third kappa shape index (κ3) is 4.43. The standard InChI is InChI=1S/C21H27NO/c1-23-21(20-10-6-3-7-11-20)14-17-22-15-12-19(13-16-22)18-8-4-2-5-9-18/h2-11,19,21H,12-17H2,1H3. The molecule has 2 aromatic rings. The molecule has 0 bridgehead atoms. The predicted octanol–water partition coefficient (Wildman–Crippen LogP) is 4.64. The van der Waals surface area contributed by atoms with Crippen molar-refractivity contribution in [2.45, 2.75) is 31.3 Å². The summed E-state index contributed by atoms with van der Waals surface area (Å²) in [6, 6.07) is 21.5. The van der Waals surface area contributed by atoms with Gasteiger partial charge in [-0.1, -0.05) is 60.7 Å². The van der Waals surface area contributed by atoms with Gasteiger partial charge in [0, 0.05) is 13.7 Å². The second-order valence-electron chi connectivity index (χ2n) is 6.45. The van der Waals surface area contributed by atoms with Crippen molar-refractivity contribution in [3.05, 3.63) is 71.8 Å². The van der Waals surface area contributed by atoms with Crippen LogP contribution in [-0.2, 0) is 4.74 Å². The highest BCUT2D eigenvalue weighted by molar-refractivity contribution is 5.20. The lowest BCUT2D eigenvalue weighted by molar-refractivity contribution is 0.0789. The molecular formula is C21H27NO. The van der Waals surface area contributed by atoms with E-state index in [2.05, 4.69) is 65.6 Å². The van der Waals surface area contributed by atoms with E-state index < -0.39 is 0 Å². The van der Waals surface area contributed by atoms with E-state index in [4.69, 9.17) is 4.74 Å². The van der Waals surface area contributed by atoms with E-state index >= 15 is 0 Å². The zero-order valence-electron chi connectivity index (χ0n) is 14.0. The van der Waals surface area contributed by atoms with Crippen LogP contribution in [0.5, 0.6) is 0 Å². The van der Waals surface area contributed by atoms with Gasteiger partial charge in [0.2, 0.25) is 0 Å². The van der Waals surface area contributed by atoms with Crippen molar-refractivity contribution < 1.29 is 4.74 Å². The van der Waals surface area contributed by atoms with E-state index in [1.54, 1.807) is 0 Å². The molecule has 122 valence electrons. The number of hydrogen-bond donors (Lipinski definition) is 0. The van der Waals surface area contributed by atoms with Gasteiger partial charge in [0.25, 0.3) is 0 Å². The zero-order chi connectivity index (χ0) is 15.9. The van der Waals surface area contributed by atoms with Crippen LogP contribution in [0.15, 0.2) is 60.7 Å². The Morgan fingerprint density at radius 1 is 0.957 bits per heavy atom. The fourth-order valence-electron chi connectivity index (χ4n) is 3.60. The maximum absolute atomic E-state index is 5.69. The molecule has 0 aliphatic carbocycles. The summed E-state index contributed by atoms with van der Waals surface area (Å²) in [5.41, 5.74) is 2.79. The number of ether oxygens (including phenoxy) is 1. The Balaban J connectivity index is 1.47. The quantitative estimate of drug-likeness (QED) is 0.770. The summed E-state index contributed by atoms with van der Waals surface area (Å²) in [5.74, 6) is 0.736. The van der Waals surface area contributed by atoms with Crippen LogP contribution in [0.1, 0.15) is 42.4 Å². The van der Waals surface area contributed by atoms with Gasteiger partial charge in [-0.05, 0) is 49.4 Å². The molecule has 0 spiro atoms. The largest absolute Gasteiger partial charge is 0.377 e. The summed E-state index contributed by atoms with van der Waals surface area (Å²) in [4.78, 5) is 2.59. The number of piperidine rings is 1. The van der Waals surface area contributed by atoms with Gasteiger partial charge in [-0.2, -0.15) is 0 Å². The molecule has 2 aromatic carbocycles. The van der Waals surface area contributed by atoms with E-state index in [0.29, 0.717) is 0 Å². The molecule has 0 aromatic heterocycles. The molecule has 23 heavy (non-hydrogen) atoms. The van der Waals surface area contributed by atoms with Gasteiger partial charge in [-0.3, -0.25) is 0 Å². The highest BCUT2D eigenvalue weighted by Crippen LogP contribution is 2.28. The van der Waals surface area contributed by atoms with Gasteiger partial charge in [0.05, 0.1) is 6.10 Å². The molecule has 1 saturated heterocycles. The average molecular weight is 309 g/mol. The predicted molar refractivity (Wildman–Crippen MR) is 95.7 cm³/mol. The van der Waals surface area contributed by atoms with Crippen molar-refractivity contribution in [3.8, 4) is 0 Å². The van der Waals surface area contributed by atoms with E-state index in [9.17, 15) is 0 Å². The summed E-state index contributed by atoms with van der Waals surface area (Å²) >= 11 is 0. The second-order valence-corrected chi connectivity index (χ2v) is 6.45. The second kappa shape index (κ2) is 8.28. The fraction of sp³-hybridized carbons (Fsp3) is 0.429. The minimum atomic E-state index is 0.211. The van der Waals surface area contributed by atoms with Crippen molar-refractivity contribution >= 4 is 0 Å². The Bertz CT molecular complexity index is 561. The summed E-state index contributed by atoms with van der Waals surface area (Å²) in [5, 5.41) is 0. The van der Waals surface area contributed by atoms with Crippen molar-refractivity contribution in [1.29, 1.82) is 0 Å². The molecule has 3 rings (SSSR count). The molecule has 1 heterocycles. The first kappa shape index (κ1) is 16.2. The molecule has 0 saturated carbocycles. The van der Waals surface area contributed by atoms with Crippen molar-refractivity contribution in [3.63, 3.8) is 0 Å². The first-order valence-electron chi connectivity index (χ1n) is 8.72. The Labute approximate surface area is 140 Å². The molecule has 1 aliphatic heterocycles. The van der Waals surface area contributed by atoms with Gasteiger partial charge < -0.3 is 9.64 Å². The molecule has 0 radical (unpaired) electrons. The number of benzene rings is 2. The Kier molecular flexibility index (Phi) is 5.84. The SMILES string of the molecule is COC(CCN1CCC(c2ccccc2)CC1)c1ccccc1. The molecule has 1 fully saturated rings. The summed E-state index contributed by atoms with van der Waals surface area (Å²) in [6.45, 7) is 3.52. The van der Waals surface area contributed by atoms with Crippen molar-refractivity contribution in [2.75, 3.05) is 26.7 Å². The normalized spacial score (nSPS) is 18.0. The van der Waals surface area contributed by atoms with Crippen LogP contribution < -0.4 is 0 Å². The first-order valence-corrected chi connectivity index (χ1v) is 8.72. The van der Waals surface area contributed by atoms with Gasteiger partial charge in [-0.25, -0.2) is 0 Å². The van der Waals surface area contributed by atoms with E-state index in [0.717, 1.165) is 18.9 Å². The third-order valence-corrected chi connectivity index (χ3v) is 5.02. The molecule has 0 N–H and O–H groups in total. The van der Waals surface area contributed by atoms with Crippen molar-refractivity contribution in [2.24, 2.45) is 0 Å². The third-order valence-electron chi connectivity index (χ3n) is 5.02. The topological polar surface area (TPSA) is 12.5 Å². The maximum atomic E-state index is 5.69. The van der Waals surface area contributed by atoms with Gasteiger partial charge in [0.15, 0.2) is 0 Å². The minimum absolute atomic E-state index is 0.211. The zero-order valence-corrected chi connectivity index (χ0v) is 14.0. The summed E-state index contributed by atoms with van der Waals surface area (Å²) < 4.78 is 5.69. The Morgan fingerprint density at radius 3 is 2.17 bits per heavy atom. The molecule has 1 aliphatic rings. The van der Waals surface area contributed by atoms with Gasteiger partial charge >= 0.3 is 0 Å². The highest BCUT2D eigenvalue weighted by atomic mass is 16.5. The first-order chi connectivity index (χ1) is 11.4. The molecule has 2 nitrogen and oxygen atoms in total. The van der Waals surface area contributed by atoms with Gasteiger partial charge in [-0.15, -0.1) is 0 Å². The monoisotopic (exact) mass is 309 g/mol. The number of rotatable bonds is 6. The van der Waals surface area contributed by atoms with Gasteiger partial charge in [0.1, 0.15) is 0 Å². The number of nitrogens with zero attached hydrogens (tertiary/aromatic N) is 1. The van der Waals surface area contributed by atoms with Crippen molar-refractivity contribution in [1.82, 2.24) is 4.90 Å². The summed E-state index contributed by atoms with van der Waals surface area (Å²) in [6.07, 6.45) is 3.82. The molecule has 1 unspecified atom stereocenters. The van der Waals surface area contributed by atoms with E-state index in [-0.39, 0.29) is 6.10 Å². The minimum Gasteiger partial charge on any atom is -0.377 e. The Morgan fingerprint density at radius 2 is 1.57 bits per heavy atom. The van der Waals surface area contributed by atoms with Crippen LogP contribution in [0, 0.1) is 0 Å².